The van der Waals surface area contributed by atoms with Gasteiger partial charge in [0, 0.05) is 0 Å². The topological polar surface area (TPSA) is 43.4 Å². The van der Waals surface area contributed by atoms with E-state index in [0.29, 0.717) is 6.08 Å². The van der Waals surface area contributed by atoms with Crippen LogP contribution in [0.5, 0.6) is 0 Å². The van der Waals surface area contributed by atoms with Crippen molar-refractivity contribution in [2.24, 2.45) is 0 Å². The Labute approximate surface area is 51.4 Å². The summed E-state index contributed by atoms with van der Waals surface area (Å²) in [5.41, 5.74) is 0. The summed E-state index contributed by atoms with van der Waals surface area (Å²) in [6.45, 7) is 2.81. The van der Waals surface area contributed by atoms with E-state index in [0.717, 1.165) is 0 Å². The van der Waals surface area contributed by atoms with Gasteiger partial charge in [-0.3, -0.25) is 0 Å². The molecule has 0 saturated heterocycles. The molecule has 6 heteroatoms. The fourth-order valence-electron chi connectivity index (χ4n) is 0.149. The maximum absolute atomic E-state index is 11.7. The minimum absolute atomic E-state index is 0.511. The van der Waals surface area contributed by atoms with Crippen molar-refractivity contribution in [3.8, 4) is 0 Å². The maximum Gasteiger partial charge on any atom is 0.440 e. The molecule has 0 bridgehead atoms. The molecule has 0 rings (SSSR count). The van der Waals surface area contributed by atoms with Crippen LogP contribution in [0.25, 0.3) is 0 Å². The van der Waals surface area contributed by atoms with E-state index in [1.165, 1.54) is 0 Å². The van der Waals surface area contributed by atoms with Gasteiger partial charge in [-0.25, -0.2) is 8.57 Å². The summed E-state index contributed by atoms with van der Waals surface area (Å²) >= 11 is 0. The van der Waals surface area contributed by atoms with Gasteiger partial charge in [0.25, 0.3) is 0 Å². The van der Waals surface area contributed by atoms with Crippen molar-refractivity contribution >= 4 is 10.5 Å². The first kappa shape index (κ1) is 8.51. The number of alkyl halides is 1. The molecule has 0 fully saturated rings. The van der Waals surface area contributed by atoms with Gasteiger partial charge in [0.05, 0.1) is 0 Å². The minimum Gasteiger partial charge on any atom is -0.210 e. The van der Waals surface area contributed by atoms with Crippen molar-refractivity contribution in [3.63, 3.8) is 0 Å². The first-order chi connectivity index (χ1) is 3.95. The van der Waals surface area contributed by atoms with E-state index in [-0.39, 0.29) is 0 Å². The SMILES string of the molecule is C=CC(F)OS(=O)(=O)F. The predicted molar refractivity (Wildman–Crippen MR) is 26.2 cm³/mol. The van der Waals surface area contributed by atoms with Crippen LogP contribution in [-0.4, -0.2) is 14.8 Å². The summed E-state index contributed by atoms with van der Waals surface area (Å²) in [4.78, 5) is 0. The van der Waals surface area contributed by atoms with Crippen LogP contribution >= 0.6 is 0 Å². The molecule has 1 atom stereocenters. The smallest absolute Gasteiger partial charge is 0.210 e. The van der Waals surface area contributed by atoms with Crippen LogP contribution in [0.2, 0.25) is 0 Å². The maximum atomic E-state index is 11.7. The lowest BCUT2D eigenvalue weighted by Gasteiger charge is -1.95. The summed E-state index contributed by atoms with van der Waals surface area (Å²) in [5, 5.41) is 0. The largest absolute Gasteiger partial charge is 0.440 e. The fourth-order valence-corrected chi connectivity index (χ4v) is 0.447. The second-order valence-corrected chi connectivity index (χ2v) is 2.05. The highest BCUT2D eigenvalue weighted by molar-refractivity contribution is 7.81. The number of halogens is 2. The molecule has 0 aliphatic rings. The van der Waals surface area contributed by atoms with E-state index >= 15 is 0 Å². The molecule has 54 valence electrons. The molecule has 0 amide bonds. The van der Waals surface area contributed by atoms with Crippen LogP contribution in [-0.2, 0) is 14.7 Å². The van der Waals surface area contributed by atoms with E-state index in [4.69, 9.17) is 0 Å². The Morgan fingerprint density at radius 3 is 2.22 bits per heavy atom. The molecule has 0 radical (unpaired) electrons. The van der Waals surface area contributed by atoms with Crippen LogP contribution in [0, 0.1) is 0 Å². The van der Waals surface area contributed by atoms with E-state index in [1.54, 1.807) is 0 Å². The Bertz CT molecular complexity index is 185. The predicted octanol–water partition coefficient (Wildman–Crippen LogP) is 0.699. The number of hydrogen-bond acceptors (Lipinski definition) is 3. The van der Waals surface area contributed by atoms with Crippen molar-refractivity contribution in [3.05, 3.63) is 12.7 Å². The summed E-state index contributed by atoms with van der Waals surface area (Å²) in [7, 11) is -5.18. The Hall–Kier alpha value is -0.490. The normalized spacial score (nSPS) is 14.9. The molecular formula is C3H4F2O3S. The van der Waals surface area contributed by atoms with Crippen LogP contribution in [0.3, 0.4) is 0 Å². The molecule has 0 spiro atoms. The van der Waals surface area contributed by atoms with Crippen LogP contribution in [0.4, 0.5) is 8.28 Å². The van der Waals surface area contributed by atoms with E-state index < -0.39 is 16.9 Å². The van der Waals surface area contributed by atoms with E-state index in [2.05, 4.69) is 10.8 Å². The molecule has 0 aliphatic heterocycles. The number of hydrogen-bond donors (Lipinski definition) is 0. The summed E-state index contributed by atoms with van der Waals surface area (Å²) in [6, 6.07) is 0. The van der Waals surface area contributed by atoms with Gasteiger partial charge in [0.2, 0.25) is 6.36 Å². The molecule has 0 N–H and O–H groups in total. The van der Waals surface area contributed by atoms with Crippen LogP contribution in [0.15, 0.2) is 12.7 Å². The quantitative estimate of drug-likeness (QED) is 0.448. The fraction of sp³-hybridized carbons (Fsp3) is 0.333. The first-order valence-corrected chi connectivity index (χ1v) is 3.16. The van der Waals surface area contributed by atoms with Crippen molar-refractivity contribution < 1.29 is 20.9 Å². The molecule has 0 heterocycles. The van der Waals surface area contributed by atoms with Crippen molar-refractivity contribution in [1.29, 1.82) is 0 Å². The zero-order valence-corrected chi connectivity index (χ0v) is 5.07. The van der Waals surface area contributed by atoms with Crippen molar-refractivity contribution in [1.82, 2.24) is 0 Å². The molecule has 0 aromatic rings. The lowest BCUT2D eigenvalue weighted by atomic mass is 10.7. The lowest BCUT2D eigenvalue weighted by molar-refractivity contribution is 0.113. The molecule has 0 saturated carbocycles. The van der Waals surface area contributed by atoms with Gasteiger partial charge in [-0.05, 0) is 6.08 Å². The summed E-state index contributed by atoms with van der Waals surface area (Å²) in [5.74, 6) is 0. The van der Waals surface area contributed by atoms with Gasteiger partial charge in [-0.15, -0.1) is 0 Å². The van der Waals surface area contributed by atoms with Crippen LogP contribution < -0.4 is 0 Å². The third-order valence-electron chi connectivity index (χ3n) is 0.392. The average molecular weight is 158 g/mol. The summed E-state index contributed by atoms with van der Waals surface area (Å²) in [6.07, 6.45) is -1.79. The molecule has 9 heavy (non-hydrogen) atoms. The van der Waals surface area contributed by atoms with Gasteiger partial charge in [0.1, 0.15) is 0 Å². The highest BCUT2D eigenvalue weighted by Crippen LogP contribution is 2.02. The zero-order chi connectivity index (χ0) is 7.49. The average Bonchev–Trinajstić information content (AvgIpc) is 1.62. The monoisotopic (exact) mass is 158 g/mol. The Balaban J connectivity index is 3.89. The first-order valence-electron chi connectivity index (χ1n) is 1.85. The van der Waals surface area contributed by atoms with Gasteiger partial charge in [-0.1, -0.05) is 10.5 Å². The Morgan fingerprint density at radius 2 is 2.11 bits per heavy atom. The second-order valence-electron chi connectivity index (χ2n) is 1.08. The van der Waals surface area contributed by atoms with Gasteiger partial charge >= 0.3 is 10.5 Å². The molecule has 1 unspecified atom stereocenters. The number of rotatable bonds is 3. The highest BCUT2D eigenvalue weighted by Gasteiger charge is 2.13. The van der Waals surface area contributed by atoms with Crippen molar-refractivity contribution in [2.45, 2.75) is 6.36 Å². The minimum atomic E-state index is -5.18. The van der Waals surface area contributed by atoms with Gasteiger partial charge < -0.3 is 0 Å². The molecule has 3 nitrogen and oxygen atoms in total. The second kappa shape index (κ2) is 2.88. The van der Waals surface area contributed by atoms with Crippen molar-refractivity contribution in [2.75, 3.05) is 0 Å². The standard InChI is InChI=1S/C3H4F2O3S/c1-2-3(4)8-9(5,6)7/h2-3H,1H2. The van der Waals surface area contributed by atoms with E-state index in [9.17, 15) is 16.7 Å². The molecule has 0 aromatic carbocycles. The molecular weight excluding hydrogens is 154 g/mol. The molecule has 0 aliphatic carbocycles. The Kier molecular flexibility index (Phi) is 2.72. The van der Waals surface area contributed by atoms with Crippen LogP contribution in [0.1, 0.15) is 0 Å². The molecule has 0 aromatic heterocycles. The van der Waals surface area contributed by atoms with E-state index in [1.807, 2.05) is 0 Å². The van der Waals surface area contributed by atoms with Gasteiger partial charge in [0.15, 0.2) is 0 Å². The zero-order valence-electron chi connectivity index (χ0n) is 4.25. The third-order valence-corrected chi connectivity index (χ3v) is 0.806. The Morgan fingerprint density at radius 1 is 1.67 bits per heavy atom. The highest BCUT2D eigenvalue weighted by atomic mass is 32.3. The third kappa shape index (κ3) is 5.38. The summed E-state index contributed by atoms with van der Waals surface area (Å²) < 4.78 is 44.9. The lowest BCUT2D eigenvalue weighted by Crippen LogP contribution is -2.06. The van der Waals surface area contributed by atoms with Gasteiger partial charge in [-0.2, -0.15) is 8.42 Å².